The van der Waals surface area contributed by atoms with E-state index >= 15 is 0 Å². The molecule has 2 saturated heterocycles. The SMILES string of the molecule is Cc1ccc(C2NCC(CNC(=O)C3(C#N)CC3)C(N3CC[C@@H](CN)C3)N2)cc1Cl. The molecule has 7 nitrogen and oxygen atoms in total. The van der Waals surface area contributed by atoms with Gasteiger partial charge in [-0.1, -0.05) is 23.7 Å². The number of aryl methyl sites for hydroxylation is 1. The fourth-order valence-corrected chi connectivity index (χ4v) is 4.74. The van der Waals surface area contributed by atoms with Crippen LogP contribution < -0.4 is 21.7 Å². The summed E-state index contributed by atoms with van der Waals surface area (Å²) in [6.45, 7) is 5.95. The first-order chi connectivity index (χ1) is 14.5. The van der Waals surface area contributed by atoms with Crippen LogP contribution in [-0.2, 0) is 4.79 Å². The molecule has 3 fully saturated rings. The highest BCUT2D eigenvalue weighted by Crippen LogP contribution is 2.45. The van der Waals surface area contributed by atoms with E-state index in [1.165, 1.54) is 0 Å². The van der Waals surface area contributed by atoms with Gasteiger partial charge in [0.05, 0.1) is 18.4 Å². The second-order valence-electron chi connectivity index (χ2n) is 9.01. The molecule has 8 heteroatoms. The minimum Gasteiger partial charge on any atom is -0.354 e. The highest BCUT2D eigenvalue weighted by molar-refractivity contribution is 6.31. The zero-order chi connectivity index (χ0) is 21.3. The number of nitrogens with one attached hydrogen (secondary N) is 3. The lowest BCUT2D eigenvalue weighted by molar-refractivity contribution is -0.124. The third-order valence-corrected chi connectivity index (χ3v) is 7.27. The lowest BCUT2D eigenvalue weighted by Crippen LogP contribution is -2.62. The van der Waals surface area contributed by atoms with Crippen LogP contribution in [0.25, 0.3) is 0 Å². The molecule has 4 rings (SSSR count). The topological polar surface area (TPSA) is 106 Å². The number of hydrogen-bond donors (Lipinski definition) is 4. The van der Waals surface area contributed by atoms with Gasteiger partial charge in [-0.25, -0.2) is 0 Å². The maximum Gasteiger partial charge on any atom is 0.240 e. The van der Waals surface area contributed by atoms with Gasteiger partial charge in [-0.15, -0.1) is 0 Å². The van der Waals surface area contributed by atoms with Crippen molar-refractivity contribution in [3.05, 3.63) is 34.3 Å². The lowest BCUT2D eigenvalue weighted by Gasteiger charge is -2.43. The quantitative estimate of drug-likeness (QED) is 0.544. The van der Waals surface area contributed by atoms with Crippen LogP contribution in [0.5, 0.6) is 0 Å². The summed E-state index contributed by atoms with van der Waals surface area (Å²) in [5, 5.41) is 20.4. The Balaban J connectivity index is 1.46. The number of carbonyl (C=O) groups is 1. The Morgan fingerprint density at radius 1 is 1.47 bits per heavy atom. The zero-order valence-corrected chi connectivity index (χ0v) is 18.2. The summed E-state index contributed by atoms with van der Waals surface area (Å²) < 4.78 is 0. The summed E-state index contributed by atoms with van der Waals surface area (Å²) in [6.07, 6.45) is 2.54. The Hall–Kier alpha value is -1.69. The lowest BCUT2D eigenvalue weighted by atomic mass is 9.98. The fourth-order valence-electron chi connectivity index (χ4n) is 4.55. The highest BCUT2D eigenvalue weighted by atomic mass is 35.5. The number of amides is 1. The van der Waals surface area contributed by atoms with Crippen LogP contribution in [0.3, 0.4) is 0 Å². The highest BCUT2D eigenvalue weighted by Gasteiger charge is 2.51. The summed E-state index contributed by atoms with van der Waals surface area (Å²) in [6, 6.07) is 8.33. The first-order valence-electron chi connectivity index (χ1n) is 10.8. The molecule has 0 aromatic heterocycles. The van der Waals surface area contributed by atoms with Crippen LogP contribution in [0.15, 0.2) is 18.2 Å². The predicted molar refractivity (Wildman–Crippen MR) is 116 cm³/mol. The first kappa shape index (κ1) is 21.5. The van der Waals surface area contributed by atoms with E-state index in [-0.39, 0.29) is 24.2 Å². The summed E-state index contributed by atoms with van der Waals surface area (Å²) >= 11 is 6.36. The van der Waals surface area contributed by atoms with Gasteiger partial charge < -0.3 is 11.1 Å². The maximum absolute atomic E-state index is 12.5. The molecule has 2 heterocycles. The smallest absolute Gasteiger partial charge is 0.240 e. The molecule has 2 aliphatic heterocycles. The van der Waals surface area contributed by atoms with Crippen molar-refractivity contribution in [1.82, 2.24) is 20.9 Å². The molecule has 0 bridgehead atoms. The molecule has 4 atom stereocenters. The number of nitrogens with two attached hydrogens (primary N) is 1. The van der Waals surface area contributed by atoms with Gasteiger partial charge in [-0.3, -0.25) is 20.3 Å². The van der Waals surface area contributed by atoms with Gasteiger partial charge in [0.25, 0.3) is 0 Å². The summed E-state index contributed by atoms with van der Waals surface area (Å²) in [4.78, 5) is 14.9. The van der Waals surface area contributed by atoms with Gasteiger partial charge in [0.2, 0.25) is 5.91 Å². The van der Waals surface area contributed by atoms with Gasteiger partial charge in [0.15, 0.2) is 0 Å². The Morgan fingerprint density at radius 2 is 2.27 bits per heavy atom. The number of hydrogen-bond acceptors (Lipinski definition) is 6. The first-order valence-corrected chi connectivity index (χ1v) is 11.2. The van der Waals surface area contributed by atoms with E-state index < -0.39 is 5.41 Å². The number of nitriles is 1. The van der Waals surface area contributed by atoms with E-state index in [0.717, 1.165) is 42.2 Å². The Labute approximate surface area is 183 Å². The summed E-state index contributed by atoms with van der Waals surface area (Å²) in [7, 11) is 0. The van der Waals surface area contributed by atoms with Crippen LogP contribution in [0, 0.1) is 35.5 Å². The maximum atomic E-state index is 12.5. The number of carbonyl (C=O) groups excluding carboxylic acids is 1. The third kappa shape index (κ3) is 4.34. The summed E-state index contributed by atoms with van der Waals surface area (Å²) in [5.74, 6) is 0.576. The van der Waals surface area contributed by atoms with E-state index in [1.807, 2.05) is 19.1 Å². The normalized spacial score (nSPS) is 30.6. The van der Waals surface area contributed by atoms with Gasteiger partial charge >= 0.3 is 0 Å². The van der Waals surface area contributed by atoms with Crippen LogP contribution in [0.1, 0.15) is 36.6 Å². The van der Waals surface area contributed by atoms with E-state index in [4.69, 9.17) is 17.3 Å². The number of rotatable bonds is 6. The van der Waals surface area contributed by atoms with Crippen molar-refractivity contribution < 1.29 is 4.79 Å². The second-order valence-corrected chi connectivity index (χ2v) is 9.42. The molecule has 1 saturated carbocycles. The Bertz CT molecular complexity index is 835. The standard InChI is InChI=1S/C22H31ClN6O/c1-14-2-3-16(8-18(14)23)19-26-10-17(11-27-21(30)22(13-25)5-6-22)20(28-19)29-7-4-15(9-24)12-29/h2-3,8,15,17,19-20,26,28H,4-7,9-12,24H2,1H3,(H,27,30)/t15-,17?,19?,20?/m0/s1. The molecule has 5 N–H and O–H groups in total. The van der Waals surface area contributed by atoms with Crippen molar-refractivity contribution in [2.45, 2.75) is 38.5 Å². The Kier molecular flexibility index (Phi) is 6.33. The average Bonchev–Trinajstić information content (AvgIpc) is 3.43. The van der Waals surface area contributed by atoms with Crippen molar-refractivity contribution in [3.63, 3.8) is 0 Å². The van der Waals surface area contributed by atoms with Gasteiger partial charge in [-0.2, -0.15) is 5.26 Å². The van der Waals surface area contributed by atoms with Crippen molar-refractivity contribution in [3.8, 4) is 6.07 Å². The molecule has 0 radical (unpaired) electrons. The van der Waals surface area contributed by atoms with Gasteiger partial charge in [-0.05, 0) is 55.8 Å². The molecular weight excluding hydrogens is 400 g/mol. The average molecular weight is 431 g/mol. The largest absolute Gasteiger partial charge is 0.354 e. The van der Waals surface area contributed by atoms with Crippen LogP contribution in [0.4, 0.5) is 0 Å². The van der Waals surface area contributed by atoms with E-state index in [0.29, 0.717) is 31.8 Å². The minimum atomic E-state index is -0.787. The molecule has 1 amide bonds. The number of likely N-dealkylation sites (tertiary alicyclic amines) is 1. The molecular formula is C22H31ClN6O. The van der Waals surface area contributed by atoms with Gasteiger partial charge in [0, 0.05) is 37.1 Å². The molecule has 162 valence electrons. The monoisotopic (exact) mass is 430 g/mol. The zero-order valence-electron chi connectivity index (χ0n) is 17.5. The predicted octanol–water partition coefficient (Wildman–Crippen LogP) is 1.48. The van der Waals surface area contributed by atoms with Crippen LogP contribution >= 0.6 is 11.6 Å². The van der Waals surface area contributed by atoms with E-state index in [9.17, 15) is 10.1 Å². The number of halogens is 1. The Morgan fingerprint density at radius 3 is 2.90 bits per heavy atom. The molecule has 0 spiro atoms. The number of nitrogens with zero attached hydrogens (tertiary/aromatic N) is 2. The van der Waals surface area contributed by atoms with Crippen LogP contribution in [-0.4, -0.2) is 49.7 Å². The molecule has 1 aliphatic carbocycles. The van der Waals surface area contributed by atoms with Crippen molar-refractivity contribution in [2.75, 3.05) is 32.7 Å². The summed E-state index contributed by atoms with van der Waals surface area (Å²) in [5.41, 5.74) is 7.29. The molecule has 1 aromatic carbocycles. The number of benzene rings is 1. The van der Waals surface area contributed by atoms with Crippen LogP contribution in [0.2, 0.25) is 5.02 Å². The third-order valence-electron chi connectivity index (χ3n) is 6.86. The fraction of sp³-hybridized carbons (Fsp3) is 0.636. The van der Waals surface area contributed by atoms with Crippen molar-refractivity contribution in [2.24, 2.45) is 23.0 Å². The van der Waals surface area contributed by atoms with E-state index in [2.05, 4.69) is 33.0 Å². The second kappa shape index (κ2) is 8.81. The molecule has 3 unspecified atom stereocenters. The van der Waals surface area contributed by atoms with Crippen molar-refractivity contribution in [1.29, 1.82) is 5.26 Å². The van der Waals surface area contributed by atoms with E-state index in [1.54, 1.807) is 0 Å². The minimum absolute atomic E-state index is 0.00846. The molecule has 3 aliphatic rings. The van der Waals surface area contributed by atoms with Crippen molar-refractivity contribution >= 4 is 17.5 Å². The molecule has 1 aromatic rings. The molecule has 30 heavy (non-hydrogen) atoms. The van der Waals surface area contributed by atoms with Gasteiger partial charge in [0.1, 0.15) is 5.41 Å².